The number of benzene rings is 1. The van der Waals surface area contributed by atoms with Gasteiger partial charge in [0.2, 0.25) is 0 Å². The Morgan fingerprint density at radius 3 is 2.64 bits per heavy atom. The van der Waals surface area contributed by atoms with Crippen molar-refractivity contribution in [2.24, 2.45) is 0 Å². The van der Waals surface area contributed by atoms with Crippen LogP contribution in [0.15, 0.2) is 24.4 Å². The maximum absolute atomic E-state index is 12.1. The highest BCUT2D eigenvalue weighted by molar-refractivity contribution is 5.99. The lowest BCUT2D eigenvalue weighted by Gasteiger charge is -2.16. The Morgan fingerprint density at radius 1 is 1.32 bits per heavy atom. The zero-order valence-electron chi connectivity index (χ0n) is 13.3. The number of aldehydes is 1. The molecule has 0 bridgehead atoms. The van der Waals surface area contributed by atoms with Crippen LogP contribution in [0.25, 0.3) is 10.9 Å². The smallest absolute Gasteiger partial charge is 0.329 e. The van der Waals surface area contributed by atoms with E-state index in [-0.39, 0.29) is 12.1 Å². The molecule has 0 saturated carbocycles. The molecule has 0 aliphatic carbocycles. The fraction of sp³-hybridized carbons (Fsp3) is 0.412. The van der Waals surface area contributed by atoms with Gasteiger partial charge in [0.05, 0.1) is 12.7 Å². The molecule has 1 unspecified atom stereocenters. The van der Waals surface area contributed by atoms with Crippen LogP contribution in [-0.4, -0.2) is 29.5 Å². The summed E-state index contributed by atoms with van der Waals surface area (Å²) >= 11 is 0. The summed E-state index contributed by atoms with van der Waals surface area (Å²) in [7, 11) is 0. The molecule has 0 radical (unpaired) electrons. The average Bonchev–Trinajstić information content (AvgIpc) is 2.84. The van der Waals surface area contributed by atoms with E-state index >= 15 is 0 Å². The molecule has 0 fully saturated rings. The second kappa shape index (κ2) is 6.64. The van der Waals surface area contributed by atoms with Gasteiger partial charge in [0.25, 0.3) is 0 Å². The Bertz CT molecular complexity index is 687. The molecule has 1 atom stereocenters. The lowest BCUT2D eigenvalue weighted by Crippen LogP contribution is -2.21. The zero-order chi connectivity index (χ0) is 16.3. The fourth-order valence-electron chi connectivity index (χ4n) is 2.38. The summed E-state index contributed by atoms with van der Waals surface area (Å²) in [6, 6.07) is 5.00. The first-order valence-electron chi connectivity index (χ1n) is 7.41. The molecule has 0 aliphatic rings. The summed E-state index contributed by atoms with van der Waals surface area (Å²) in [6.45, 7) is 7.84. The van der Waals surface area contributed by atoms with Crippen LogP contribution in [-0.2, 0) is 9.53 Å². The minimum atomic E-state index is -0.503. The standard InChI is InChI=1S/C17H21NO4/c1-5-21-14-6-7-16-15(8-14)13(10-19)9-18(16)12(4)17(20)22-11(2)3/h6-12H,5H2,1-4H3. The number of carbonyl (C=O) groups is 2. The molecule has 118 valence electrons. The first kappa shape index (κ1) is 16.1. The highest BCUT2D eigenvalue weighted by atomic mass is 16.5. The predicted molar refractivity (Wildman–Crippen MR) is 84.4 cm³/mol. The van der Waals surface area contributed by atoms with Crippen molar-refractivity contribution in [1.82, 2.24) is 4.57 Å². The molecule has 0 aliphatic heterocycles. The van der Waals surface area contributed by atoms with Crippen LogP contribution >= 0.6 is 0 Å². The van der Waals surface area contributed by atoms with Gasteiger partial charge in [-0.05, 0) is 45.9 Å². The third-order valence-corrected chi connectivity index (χ3v) is 3.38. The molecular formula is C17H21NO4. The Balaban J connectivity index is 2.46. The predicted octanol–water partition coefficient (Wildman–Crippen LogP) is 3.37. The van der Waals surface area contributed by atoms with Crippen molar-refractivity contribution in [3.63, 3.8) is 0 Å². The maximum Gasteiger partial charge on any atom is 0.329 e. The first-order chi connectivity index (χ1) is 10.5. The number of esters is 1. The molecule has 0 amide bonds. The number of fused-ring (bicyclic) bond motifs is 1. The maximum atomic E-state index is 12.1. The van der Waals surface area contributed by atoms with Gasteiger partial charge < -0.3 is 14.0 Å². The summed E-state index contributed by atoms with van der Waals surface area (Å²) in [5.41, 5.74) is 1.33. The molecule has 5 nitrogen and oxygen atoms in total. The second-order valence-electron chi connectivity index (χ2n) is 5.38. The molecule has 0 N–H and O–H groups in total. The number of hydrogen-bond acceptors (Lipinski definition) is 4. The van der Waals surface area contributed by atoms with Crippen LogP contribution in [0.5, 0.6) is 5.75 Å². The molecule has 1 aromatic carbocycles. The van der Waals surface area contributed by atoms with Crippen molar-refractivity contribution >= 4 is 23.2 Å². The van der Waals surface area contributed by atoms with E-state index in [1.807, 2.05) is 39.0 Å². The van der Waals surface area contributed by atoms with E-state index in [0.717, 1.165) is 17.2 Å². The third-order valence-electron chi connectivity index (χ3n) is 3.38. The van der Waals surface area contributed by atoms with Crippen molar-refractivity contribution in [3.05, 3.63) is 30.0 Å². The molecule has 1 aromatic heterocycles. The Hall–Kier alpha value is -2.30. The first-order valence-corrected chi connectivity index (χ1v) is 7.41. The van der Waals surface area contributed by atoms with Crippen LogP contribution in [0.2, 0.25) is 0 Å². The molecule has 2 rings (SSSR count). The fourth-order valence-corrected chi connectivity index (χ4v) is 2.38. The summed E-state index contributed by atoms with van der Waals surface area (Å²) in [5.74, 6) is 0.381. The van der Waals surface area contributed by atoms with E-state index in [1.165, 1.54) is 0 Å². The van der Waals surface area contributed by atoms with Gasteiger partial charge in [-0.3, -0.25) is 4.79 Å². The Morgan fingerprint density at radius 2 is 2.05 bits per heavy atom. The molecule has 1 heterocycles. The SMILES string of the molecule is CCOc1ccc2c(c1)c(C=O)cn2C(C)C(=O)OC(C)C. The Labute approximate surface area is 129 Å². The van der Waals surface area contributed by atoms with Crippen molar-refractivity contribution in [1.29, 1.82) is 0 Å². The largest absolute Gasteiger partial charge is 0.494 e. The summed E-state index contributed by atoms with van der Waals surface area (Å²) in [4.78, 5) is 23.4. The van der Waals surface area contributed by atoms with E-state index in [2.05, 4.69) is 0 Å². The van der Waals surface area contributed by atoms with Crippen molar-refractivity contribution in [3.8, 4) is 5.75 Å². The number of carbonyl (C=O) groups excluding carboxylic acids is 2. The van der Waals surface area contributed by atoms with Crippen molar-refractivity contribution in [2.45, 2.75) is 39.8 Å². The molecule has 5 heteroatoms. The highest BCUT2D eigenvalue weighted by Gasteiger charge is 2.21. The van der Waals surface area contributed by atoms with E-state index in [1.54, 1.807) is 17.7 Å². The minimum absolute atomic E-state index is 0.174. The van der Waals surface area contributed by atoms with Crippen molar-refractivity contribution < 1.29 is 19.1 Å². The third kappa shape index (κ3) is 3.13. The molecule has 22 heavy (non-hydrogen) atoms. The van der Waals surface area contributed by atoms with E-state index in [9.17, 15) is 9.59 Å². The number of nitrogens with zero attached hydrogens (tertiary/aromatic N) is 1. The molecule has 0 spiro atoms. The average molecular weight is 303 g/mol. The summed E-state index contributed by atoms with van der Waals surface area (Å²) in [6.07, 6.45) is 2.29. The minimum Gasteiger partial charge on any atom is -0.494 e. The van der Waals surface area contributed by atoms with Gasteiger partial charge in [-0.25, -0.2) is 4.79 Å². The van der Waals surface area contributed by atoms with Gasteiger partial charge >= 0.3 is 5.97 Å². The van der Waals surface area contributed by atoms with Crippen LogP contribution in [0, 0.1) is 0 Å². The van der Waals surface area contributed by atoms with Gasteiger partial charge in [0.15, 0.2) is 6.29 Å². The van der Waals surface area contributed by atoms with Gasteiger partial charge in [0.1, 0.15) is 11.8 Å². The van der Waals surface area contributed by atoms with E-state index in [0.29, 0.717) is 17.9 Å². The second-order valence-corrected chi connectivity index (χ2v) is 5.38. The lowest BCUT2D eigenvalue weighted by atomic mass is 10.2. The van der Waals surface area contributed by atoms with Gasteiger partial charge in [0, 0.05) is 22.7 Å². The molecule has 2 aromatic rings. The van der Waals surface area contributed by atoms with Gasteiger partial charge in [-0.2, -0.15) is 0 Å². The quantitative estimate of drug-likeness (QED) is 0.606. The zero-order valence-corrected chi connectivity index (χ0v) is 13.3. The normalized spacial score (nSPS) is 12.4. The molecular weight excluding hydrogens is 282 g/mol. The number of ether oxygens (including phenoxy) is 2. The topological polar surface area (TPSA) is 57.5 Å². The van der Waals surface area contributed by atoms with Crippen LogP contribution < -0.4 is 4.74 Å². The van der Waals surface area contributed by atoms with Crippen molar-refractivity contribution in [2.75, 3.05) is 6.61 Å². The Kier molecular flexibility index (Phi) is 4.85. The van der Waals surface area contributed by atoms with E-state index in [4.69, 9.17) is 9.47 Å². The summed E-state index contributed by atoms with van der Waals surface area (Å²) < 4.78 is 12.5. The number of rotatable bonds is 6. The monoisotopic (exact) mass is 303 g/mol. The van der Waals surface area contributed by atoms with E-state index < -0.39 is 6.04 Å². The van der Waals surface area contributed by atoms with Crippen LogP contribution in [0.3, 0.4) is 0 Å². The van der Waals surface area contributed by atoms with Gasteiger partial charge in [-0.1, -0.05) is 0 Å². The number of hydrogen-bond donors (Lipinski definition) is 0. The number of aromatic nitrogens is 1. The highest BCUT2D eigenvalue weighted by Crippen LogP contribution is 2.28. The van der Waals surface area contributed by atoms with Crippen LogP contribution in [0.1, 0.15) is 44.1 Å². The summed E-state index contributed by atoms with van der Waals surface area (Å²) in [5, 5.41) is 0.769. The van der Waals surface area contributed by atoms with Crippen LogP contribution in [0.4, 0.5) is 0 Å². The lowest BCUT2D eigenvalue weighted by molar-refractivity contribution is -0.150. The molecule has 0 saturated heterocycles. The van der Waals surface area contributed by atoms with Gasteiger partial charge in [-0.15, -0.1) is 0 Å².